The van der Waals surface area contributed by atoms with Gasteiger partial charge in [-0.1, -0.05) is 27.2 Å². The maximum absolute atomic E-state index is 13.0. The zero-order valence-corrected chi connectivity index (χ0v) is 13.4. The second kappa shape index (κ2) is 4.92. The topological polar surface area (TPSA) is 29.5 Å². The van der Waals surface area contributed by atoms with Crippen LogP contribution in [0.4, 0.5) is 0 Å². The second-order valence-electron chi connectivity index (χ2n) is 6.49. The first-order valence-electron chi connectivity index (χ1n) is 7.40. The van der Waals surface area contributed by atoms with Crippen LogP contribution >= 0.6 is 7.52 Å². The second-order valence-corrected chi connectivity index (χ2v) is 9.09. The van der Waals surface area contributed by atoms with Crippen molar-refractivity contribution in [3.05, 3.63) is 0 Å². The minimum Gasteiger partial charge on any atom is -0.314 e. The van der Waals surface area contributed by atoms with Crippen molar-refractivity contribution < 1.29 is 9.09 Å². The lowest BCUT2D eigenvalue weighted by Crippen LogP contribution is -2.57. The first-order valence-corrected chi connectivity index (χ1v) is 9.17. The minimum absolute atomic E-state index is 0.00332. The van der Waals surface area contributed by atoms with E-state index in [2.05, 4.69) is 32.4 Å². The SMILES string of the molecule is CCN1C(C)(C)C2CCC(C)CC2OP1(=O)CC. The summed E-state index contributed by atoms with van der Waals surface area (Å²) in [4.78, 5) is 0. The average Bonchev–Trinajstić information content (AvgIpc) is 2.28. The van der Waals surface area contributed by atoms with Crippen LogP contribution in [0.3, 0.4) is 0 Å². The van der Waals surface area contributed by atoms with Crippen molar-refractivity contribution in [1.29, 1.82) is 0 Å². The van der Waals surface area contributed by atoms with Crippen LogP contribution < -0.4 is 0 Å². The van der Waals surface area contributed by atoms with Gasteiger partial charge in [-0.3, -0.25) is 4.57 Å². The molecule has 0 aromatic carbocycles. The predicted molar refractivity (Wildman–Crippen MR) is 76.0 cm³/mol. The monoisotopic (exact) mass is 273 g/mol. The summed E-state index contributed by atoms with van der Waals surface area (Å²) in [5, 5.41) is 0. The van der Waals surface area contributed by atoms with E-state index in [1.165, 1.54) is 12.8 Å². The van der Waals surface area contributed by atoms with Gasteiger partial charge in [-0.15, -0.1) is 0 Å². The van der Waals surface area contributed by atoms with Crippen molar-refractivity contribution in [3.8, 4) is 0 Å². The molecule has 1 saturated carbocycles. The van der Waals surface area contributed by atoms with Gasteiger partial charge in [0.25, 0.3) is 7.52 Å². The van der Waals surface area contributed by atoms with Crippen molar-refractivity contribution in [3.63, 3.8) is 0 Å². The smallest absolute Gasteiger partial charge is 0.272 e. The van der Waals surface area contributed by atoms with Crippen LogP contribution in [-0.2, 0) is 9.09 Å². The van der Waals surface area contributed by atoms with E-state index in [1.54, 1.807) is 0 Å². The van der Waals surface area contributed by atoms with E-state index in [1.807, 2.05) is 6.92 Å². The van der Waals surface area contributed by atoms with Gasteiger partial charge in [-0.2, -0.15) is 0 Å². The molecule has 0 N–H and O–H groups in total. The molecule has 0 radical (unpaired) electrons. The number of nitrogens with zero attached hydrogens (tertiary/aromatic N) is 1. The van der Waals surface area contributed by atoms with Crippen molar-refractivity contribution in [2.75, 3.05) is 12.7 Å². The molecular weight excluding hydrogens is 245 g/mol. The first-order chi connectivity index (χ1) is 8.35. The van der Waals surface area contributed by atoms with Gasteiger partial charge in [0.1, 0.15) is 0 Å². The summed E-state index contributed by atoms with van der Waals surface area (Å²) in [6, 6.07) is 0. The Hall–Kier alpha value is 0.150. The van der Waals surface area contributed by atoms with Crippen LogP contribution in [0.15, 0.2) is 0 Å². The van der Waals surface area contributed by atoms with Gasteiger partial charge in [-0.05, 0) is 32.6 Å². The Morgan fingerprint density at radius 3 is 2.56 bits per heavy atom. The summed E-state index contributed by atoms with van der Waals surface area (Å²) in [5.41, 5.74) is 0.00332. The van der Waals surface area contributed by atoms with Crippen LogP contribution in [0.1, 0.15) is 53.9 Å². The van der Waals surface area contributed by atoms with E-state index < -0.39 is 7.52 Å². The highest BCUT2D eigenvalue weighted by atomic mass is 31.2. The molecule has 4 unspecified atom stereocenters. The predicted octanol–water partition coefficient (Wildman–Crippen LogP) is 4.13. The fourth-order valence-electron chi connectivity index (χ4n) is 3.97. The summed E-state index contributed by atoms with van der Waals surface area (Å²) in [7, 11) is -2.61. The summed E-state index contributed by atoms with van der Waals surface area (Å²) in [6.45, 7) is 11.7. The molecule has 1 heterocycles. The molecule has 3 nitrogen and oxygen atoms in total. The molecule has 1 aliphatic carbocycles. The lowest BCUT2D eigenvalue weighted by molar-refractivity contribution is -0.0460. The molecule has 2 rings (SSSR count). The number of hydrogen-bond acceptors (Lipinski definition) is 2. The van der Waals surface area contributed by atoms with Gasteiger partial charge in [-0.25, -0.2) is 4.67 Å². The van der Waals surface area contributed by atoms with Crippen LogP contribution in [0.2, 0.25) is 0 Å². The Labute approximate surface area is 112 Å². The molecule has 1 aliphatic heterocycles. The maximum Gasteiger partial charge on any atom is 0.272 e. The van der Waals surface area contributed by atoms with Gasteiger partial charge in [0, 0.05) is 24.2 Å². The third-order valence-corrected chi connectivity index (χ3v) is 7.93. The fourth-order valence-corrected chi connectivity index (χ4v) is 6.60. The third-order valence-electron chi connectivity index (χ3n) is 4.99. The van der Waals surface area contributed by atoms with Gasteiger partial charge >= 0.3 is 0 Å². The fraction of sp³-hybridized carbons (Fsp3) is 1.00. The molecule has 0 amide bonds. The quantitative estimate of drug-likeness (QED) is 0.708. The molecular formula is C14H28NO2P. The van der Waals surface area contributed by atoms with E-state index >= 15 is 0 Å². The van der Waals surface area contributed by atoms with Crippen LogP contribution in [0.25, 0.3) is 0 Å². The molecule has 0 bridgehead atoms. The Balaban J connectivity index is 2.34. The van der Waals surface area contributed by atoms with E-state index in [0.717, 1.165) is 13.0 Å². The van der Waals surface area contributed by atoms with Crippen LogP contribution in [-0.4, -0.2) is 29.0 Å². The van der Waals surface area contributed by atoms with E-state index in [9.17, 15) is 4.57 Å². The van der Waals surface area contributed by atoms with Crippen LogP contribution in [0.5, 0.6) is 0 Å². The molecule has 1 saturated heterocycles. The molecule has 0 aromatic heterocycles. The Kier molecular flexibility index (Phi) is 3.98. The standard InChI is InChI=1S/C14H28NO2P/c1-6-15-14(4,5)12-9-8-11(3)10-13(12)17-18(15,16)7-2/h11-13H,6-10H2,1-5H3. The molecule has 4 atom stereocenters. The highest BCUT2D eigenvalue weighted by Gasteiger charge is 2.54. The van der Waals surface area contributed by atoms with Crippen LogP contribution in [0, 0.1) is 11.8 Å². The number of fused-ring (bicyclic) bond motifs is 1. The van der Waals surface area contributed by atoms with Gasteiger partial charge in [0.15, 0.2) is 0 Å². The first kappa shape index (κ1) is 14.6. The third kappa shape index (κ3) is 2.19. The minimum atomic E-state index is -2.61. The van der Waals surface area contributed by atoms with Crippen molar-refractivity contribution in [1.82, 2.24) is 4.67 Å². The van der Waals surface area contributed by atoms with Crippen molar-refractivity contribution in [2.45, 2.75) is 65.5 Å². The van der Waals surface area contributed by atoms with Gasteiger partial charge < -0.3 is 4.52 Å². The Bertz CT molecular complexity index is 356. The molecule has 106 valence electrons. The number of rotatable bonds is 2. The maximum atomic E-state index is 13.0. The Morgan fingerprint density at radius 2 is 2.00 bits per heavy atom. The normalized spacial score (nSPS) is 44.6. The summed E-state index contributed by atoms with van der Waals surface area (Å²) >= 11 is 0. The summed E-state index contributed by atoms with van der Waals surface area (Å²) < 4.78 is 21.3. The highest BCUT2D eigenvalue weighted by Crippen LogP contribution is 2.63. The molecule has 18 heavy (non-hydrogen) atoms. The molecule has 2 fully saturated rings. The lowest BCUT2D eigenvalue weighted by atomic mass is 9.71. The highest BCUT2D eigenvalue weighted by molar-refractivity contribution is 7.56. The van der Waals surface area contributed by atoms with Crippen molar-refractivity contribution >= 4 is 7.52 Å². The summed E-state index contributed by atoms with van der Waals surface area (Å²) in [6.07, 6.45) is 4.40. The van der Waals surface area contributed by atoms with E-state index in [-0.39, 0.29) is 11.6 Å². The lowest BCUT2D eigenvalue weighted by Gasteiger charge is -2.56. The van der Waals surface area contributed by atoms with E-state index in [0.29, 0.717) is 18.0 Å². The largest absolute Gasteiger partial charge is 0.314 e. The molecule has 0 spiro atoms. The summed E-state index contributed by atoms with van der Waals surface area (Å²) in [5.74, 6) is 1.24. The molecule has 0 aromatic rings. The van der Waals surface area contributed by atoms with Crippen molar-refractivity contribution in [2.24, 2.45) is 11.8 Å². The Morgan fingerprint density at radius 1 is 1.33 bits per heavy atom. The zero-order valence-electron chi connectivity index (χ0n) is 12.5. The molecule has 2 aliphatic rings. The van der Waals surface area contributed by atoms with Gasteiger partial charge in [0.05, 0.1) is 6.10 Å². The zero-order chi connectivity index (χ0) is 13.6. The molecule has 4 heteroatoms. The average molecular weight is 273 g/mol. The number of hydrogen-bond donors (Lipinski definition) is 0. The van der Waals surface area contributed by atoms with E-state index in [4.69, 9.17) is 4.52 Å². The van der Waals surface area contributed by atoms with Gasteiger partial charge in [0.2, 0.25) is 0 Å².